The Labute approximate surface area is 140 Å². The minimum absolute atomic E-state index is 0.00342. The molecule has 0 aromatic carbocycles. The molecule has 0 bridgehead atoms. The molecule has 1 saturated heterocycles. The predicted molar refractivity (Wildman–Crippen MR) is 81.8 cm³/mol. The van der Waals surface area contributed by atoms with Gasteiger partial charge in [0.25, 0.3) is 6.43 Å². The Morgan fingerprint density at radius 2 is 2.04 bits per heavy atom. The minimum atomic E-state index is -2.57. The molecule has 1 aliphatic carbocycles. The Kier molecular flexibility index (Phi) is 4.44. The molecule has 1 aromatic rings. The van der Waals surface area contributed by atoms with E-state index in [9.17, 15) is 13.6 Å². The molecule has 1 amide bonds. The van der Waals surface area contributed by atoms with E-state index in [0.29, 0.717) is 19.0 Å². The van der Waals surface area contributed by atoms with Crippen LogP contribution < -0.4 is 4.74 Å². The van der Waals surface area contributed by atoms with E-state index in [1.54, 1.807) is 0 Å². The summed E-state index contributed by atoms with van der Waals surface area (Å²) in [7, 11) is 0. The minimum Gasteiger partial charge on any atom is -0.474 e. The molecule has 1 N–H and O–H groups in total. The Balaban J connectivity index is 1.53. The third-order valence-electron chi connectivity index (χ3n) is 4.69. The zero-order valence-electron chi connectivity index (χ0n) is 12.3. The molecule has 23 heavy (non-hydrogen) atoms. The number of nitrogens with zero attached hydrogens (tertiary/aromatic N) is 2. The molecule has 126 valence electrons. The van der Waals surface area contributed by atoms with E-state index in [1.165, 1.54) is 17.0 Å². The third-order valence-corrected chi connectivity index (χ3v) is 5.33. The number of pyridine rings is 1. The molecule has 1 saturated carbocycles. The Bertz CT molecular complexity index is 598. The standard InChI is InChI=1S/C15H17BrF2N2O3/c16-12-10(13(17)18)1-2-11(19-12)23-9-3-5-15(6-4-9)7-20(8-15)14(21)22/h1-2,9,13H,3-8H2,(H,21,22). The normalized spacial score (nSPS) is 20.6. The molecule has 3 rings (SSSR count). The van der Waals surface area contributed by atoms with Gasteiger partial charge >= 0.3 is 6.09 Å². The average Bonchev–Trinajstić information content (AvgIpc) is 2.45. The summed E-state index contributed by atoms with van der Waals surface area (Å²) in [6, 6.07) is 2.78. The number of likely N-dealkylation sites (tertiary alicyclic amines) is 1. The Hall–Kier alpha value is -1.44. The monoisotopic (exact) mass is 390 g/mol. The van der Waals surface area contributed by atoms with Crippen LogP contribution in [0, 0.1) is 5.41 Å². The first-order valence-corrected chi connectivity index (χ1v) is 8.27. The van der Waals surface area contributed by atoms with Crippen LogP contribution in [0.4, 0.5) is 13.6 Å². The number of ether oxygens (including phenoxy) is 1. The van der Waals surface area contributed by atoms with Crippen LogP contribution in [0.2, 0.25) is 0 Å². The van der Waals surface area contributed by atoms with Gasteiger partial charge in [-0.2, -0.15) is 0 Å². The van der Waals surface area contributed by atoms with E-state index >= 15 is 0 Å². The topological polar surface area (TPSA) is 62.7 Å². The summed E-state index contributed by atoms with van der Waals surface area (Å²) in [6.45, 7) is 1.20. The molecule has 2 fully saturated rings. The molecular formula is C15H17BrF2N2O3. The zero-order chi connectivity index (χ0) is 16.6. The molecular weight excluding hydrogens is 374 g/mol. The lowest BCUT2D eigenvalue weighted by molar-refractivity contribution is -0.0374. The number of halogens is 3. The summed E-state index contributed by atoms with van der Waals surface area (Å²) < 4.78 is 31.3. The number of rotatable bonds is 3. The van der Waals surface area contributed by atoms with Gasteiger partial charge in [0.1, 0.15) is 10.7 Å². The van der Waals surface area contributed by atoms with Gasteiger partial charge in [-0.3, -0.25) is 0 Å². The molecule has 0 atom stereocenters. The average molecular weight is 391 g/mol. The van der Waals surface area contributed by atoms with Gasteiger partial charge in [0, 0.05) is 24.6 Å². The van der Waals surface area contributed by atoms with Crippen LogP contribution in [-0.4, -0.2) is 40.3 Å². The van der Waals surface area contributed by atoms with Crippen molar-refractivity contribution in [3.8, 4) is 5.88 Å². The van der Waals surface area contributed by atoms with E-state index in [4.69, 9.17) is 9.84 Å². The summed E-state index contributed by atoms with van der Waals surface area (Å²) in [4.78, 5) is 16.3. The van der Waals surface area contributed by atoms with Gasteiger partial charge in [0.05, 0.1) is 5.56 Å². The summed E-state index contributed by atoms with van der Waals surface area (Å²) in [5.74, 6) is 0.336. The van der Waals surface area contributed by atoms with Gasteiger partial charge in [-0.1, -0.05) is 0 Å². The fraction of sp³-hybridized carbons (Fsp3) is 0.600. The first-order chi connectivity index (χ1) is 10.9. The highest BCUT2D eigenvalue weighted by Gasteiger charge is 2.47. The highest BCUT2D eigenvalue weighted by Crippen LogP contribution is 2.44. The molecule has 1 aromatic heterocycles. The number of hydrogen-bond donors (Lipinski definition) is 1. The Morgan fingerprint density at radius 1 is 1.39 bits per heavy atom. The van der Waals surface area contributed by atoms with Crippen LogP contribution in [-0.2, 0) is 0 Å². The van der Waals surface area contributed by atoms with Gasteiger partial charge in [-0.25, -0.2) is 18.6 Å². The SMILES string of the molecule is O=C(O)N1CC2(CCC(Oc3ccc(C(F)F)c(Br)n3)CC2)C1. The third kappa shape index (κ3) is 3.41. The lowest BCUT2D eigenvalue weighted by Crippen LogP contribution is -2.59. The van der Waals surface area contributed by atoms with Crippen LogP contribution in [0.15, 0.2) is 16.7 Å². The van der Waals surface area contributed by atoms with Crippen molar-refractivity contribution in [2.24, 2.45) is 5.41 Å². The van der Waals surface area contributed by atoms with Crippen molar-refractivity contribution in [2.75, 3.05) is 13.1 Å². The highest BCUT2D eigenvalue weighted by molar-refractivity contribution is 9.10. The molecule has 0 radical (unpaired) electrons. The Morgan fingerprint density at radius 3 is 2.57 bits per heavy atom. The van der Waals surface area contributed by atoms with E-state index < -0.39 is 12.5 Å². The van der Waals surface area contributed by atoms with E-state index in [-0.39, 0.29) is 21.7 Å². The molecule has 2 aliphatic rings. The number of aromatic nitrogens is 1. The number of hydrogen-bond acceptors (Lipinski definition) is 3. The maximum atomic E-state index is 12.7. The molecule has 1 spiro atoms. The van der Waals surface area contributed by atoms with Crippen molar-refractivity contribution in [3.63, 3.8) is 0 Å². The second-order valence-electron chi connectivity index (χ2n) is 6.29. The van der Waals surface area contributed by atoms with Gasteiger partial charge in [0.2, 0.25) is 5.88 Å². The molecule has 8 heteroatoms. The highest BCUT2D eigenvalue weighted by atomic mass is 79.9. The maximum Gasteiger partial charge on any atom is 0.407 e. The summed E-state index contributed by atoms with van der Waals surface area (Å²) >= 11 is 3.04. The van der Waals surface area contributed by atoms with Crippen LogP contribution in [0.1, 0.15) is 37.7 Å². The van der Waals surface area contributed by atoms with Gasteiger partial charge in [0.15, 0.2) is 0 Å². The van der Waals surface area contributed by atoms with Crippen molar-refractivity contribution < 1.29 is 23.4 Å². The number of alkyl halides is 2. The molecule has 2 heterocycles. The second-order valence-corrected chi connectivity index (χ2v) is 7.04. The number of carbonyl (C=O) groups is 1. The predicted octanol–water partition coefficient (Wildman–Crippen LogP) is 4.08. The van der Waals surface area contributed by atoms with Crippen molar-refractivity contribution in [2.45, 2.75) is 38.2 Å². The van der Waals surface area contributed by atoms with Crippen molar-refractivity contribution >= 4 is 22.0 Å². The molecule has 0 unspecified atom stereocenters. The van der Waals surface area contributed by atoms with Crippen LogP contribution in [0.3, 0.4) is 0 Å². The maximum absolute atomic E-state index is 12.7. The van der Waals surface area contributed by atoms with Crippen LogP contribution in [0.5, 0.6) is 5.88 Å². The lowest BCUT2D eigenvalue weighted by atomic mass is 9.68. The fourth-order valence-electron chi connectivity index (χ4n) is 3.36. The largest absolute Gasteiger partial charge is 0.474 e. The number of carboxylic acid groups (broad SMARTS) is 1. The lowest BCUT2D eigenvalue weighted by Gasteiger charge is -2.52. The first-order valence-electron chi connectivity index (χ1n) is 7.48. The first kappa shape index (κ1) is 16.4. The van der Waals surface area contributed by atoms with Gasteiger partial charge in [-0.05, 0) is 47.7 Å². The second kappa shape index (κ2) is 6.22. The van der Waals surface area contributed by atoms with E-state index in [2.05, 4.69) is 20.9 Å². The van der Waals surface area contributed by atoms with Gasteiger partial charge in [-0.15, -0.1) is 0 Å². The zero-order valence-corrected chi connectivity index (χ0v) is 13.9. The smallest absolute Gasteiger partial charge is 0.407 e. The van der Waals surface area contributed by atoms with E-state index in [1.807, 2.05) is 0 Å². The van der Waals surface area contributed by atoms with Gasteiger partial charge < -0.3 is 14.7 Å². The summed E-state index contributed by atoms with van der Waals surface area (Å²) in [6.07, 6.45) is 0.0390. The molecule has 5 nitrogen and oxygen atoms in total. The summed E-state index contributed by atoms with van der Waals surface area (Å²) in [5, 5.41) is 8.92. The summed E-state index contributed by atoms with van der Waals surface area (Å²) in [5.41, 5.74) is -0.0469. The molecule has 1 aliphatic heterocycles. The van der Waals surface area contributed by atoms with Crippen molar-refractivity contribution in [1.29, 1.82) is 0 Å². The number of amides is 1. The van der Waals surface area contributed by atoms with E-state index in [0.717, 1.165) is 25.7 Å². The van der Waals surface area contributed by atoms with Crippen molar-refractivity contribution in [3.05, 3.63) is 22.3 Å². The van der Waals surface area contributed by atoms with Crippen LogP contribution in [0.25, 0.3) is 0 Å². The van der Waals surface area contributed by atoms with Crippen LogP contribution >= 0.6 is 15.9 Å². The quantitative estimate of drug-likeness (QED) is 0.789. The fourth-order valence-corrected chi connectivity index (χ4v) is 3.84. The van der Waals surface area contributed by atoms with Crippen molar-refractivity contribution in [1.82, 2.24) is 9.88 Å².